The maximum Gasteiger partial charge on any atom is 0.262 e. The van der Waals surface area contributed by atoms with Gasteiger partial charge in [-0.25, -0.2) is 9.97 Å². The van der Waals surface area contributed by atoms with E-state index in [4.69, 9.17) is 5.73 Å². The lowest BCUT2D eigenvalue weighted by atomic mass is 10.1. The molecule has 0 saturated heterocycles. The highest BCUT2D eigenvalue weighted by molar-refractivity contribution is 7.21. The number of nitrogens with zero attached hydrogens (tertiary/aromatic N) is 2. The topological polar surface area (TPSA) is 89.1 Å². The van der Waals surface area contributed by atoms with Gasteiger partial charge in [0, 0.05) is 11.1 Å². The molecule has 0 fully saturated rings. The standard InChI is InChI=1S/C19H13N3O2S/c20-17(24)16-15(23)13-14(11-7-3-1-4-8-11)21-18(22-19(13)25-16)12-9-5-2-6-10-12/h1-10,23H,(H2,20,24). The number of carbonyl (C=O) groups is 1. The summed E-state index contributed by atoms with van der Waals surface area (Å²) in [6, 6.07) is 19.1. The van der Waals surface area contributed by atoms with Crippen molar-refractivity contribution in [2.45, 2.75) is 0 Å². The van der Waals surface area contributed by atoms with Crippen LogP contribution in [0.25, 0.3) is 32.9 Å². The van der Waals surface area contributed by atoms with E-state index in [2.05, 4.69) is 9.97 Å². The van der Waals surface area contributed by atoms with Crippen molar-refractivity contribution in [3.63, 3.8) is 0 Å². The van der Waals surface area contributed by atoms with Gasteiger partial charge in [0.2, 0.25) is 0 Å². The first-order chi connectivity index (χ1) is 12.1. The smallest absolute Gasteiger partial charge is 0.262 e. The molecule has 2 aromatic carbocycles. The first-order valence-corrected chi connectivity index (χ1v) is 8.41. The van der Waals surface area contributed by atoms with Gasteiger partial charge < -0.3 is 10.8 Å². The van der Waals surface area contributed by atoms with Gasteiger partial charge in [-0.15, -0.1) is 11.3 Å². The first-order valence-electron chi connectivity index (χ1n) is 7.59. The van der Waals surface area contributed by atoms with Crippen LogP contribution < -0.4 is 5.73 Å². The van der Waals surface area contributed by atoms with Crippen LogP contribution in [0.3, 0.4) is 0 Å². The quantitative estimate of drug-likeness (QED) is 0.589. The number of thiophene rings is 1. The summed E-state index contributed by atoms with van der Waals surface area (Å²) in [7, 11) is 0. The summed E-state index contributed by atoms with van der Waals surface area (Å²) < 4.78 is 0. The number of aromatic nitrogens is 2. The lowest BCUT2D eigenvalue weighted by molar-refractivity contribution is 0.100. The van der Waals surface area contributed by atoms with E-state index >= 15 is 0 Å². The van der Waals surface area contributed by atoms with Gasteiger partial charge in [-0.3, -0.25) is 4.79 Å². The molecular weight excluding hydrogens is 334 g/mol. The number of hydrogen-bond acceptors (Lipinski definition) is 5. The lowest BCUT2D eigenvalue weighted by Crippen LogP contribution is -2.08. The van der Waals surface area contributed by atoms with Crippen molar-refractivity contribution in [3.05, 3.63) is 65.5 Å². The summed E-state index contributed by atoms with van der Waals surface area (Å²) in [5, 5.41) is 10.9. The highest BCUT2D eigenvalue weighted by atomic mass is 32.1. The average Bonchev–Trinajstić information content (AvgIpc) is 2.99. The van der Waals surface area contributed by atoms with E-state index in [-0.39, 0.29) is 10.6 Å². The fraction of sp³-hybridized carbons (Fsp3) is 0. The van der Waals surface area contributed by atoms with E-state index in [0.29, 0.717) is 21.7 Å². The van der Waals surface area contributed by atoms with Crippen molar-refractivity contribution < 1.29 is 9.90 Å². The Labute approximate surface area is 147 Å². The molecule has 0 radical (unpaired) electrons. The summed E-state index contributed by atoms with van der Waals surface area (Å²) in [6.07, 6.45) is 0. The number of rotatable bonds is 3. The van der Waals surface area contributed by atoms with Crippen LogP contribution in [-0.2, 0) is 0 Å². The van der Waals surface area contributed by atoms with Gasteiger partial charge in [0.1, 0.15) is 9.71 Å². The first kappa shape index (κ1) is 15.3. The van der Waals surface area contributed by atoms with Crippen LogP contribution in [-0.4, -0.2) is 21.0 Å². The summed E-state index contributed by atoms with van der Waals surface area (Å²) >= 11 is 1.07. The second-order valence-corrected chi connectivity index (χ2v) is 6.45. The van der Waals surface area contributed by atoms with Crippen molar-refractivity contribution in [1.29, 1.82) is 0 Å². The SMILES string of the molecule is NC(=O)c1sc2nc(-c3ccccc3)nc(-c3ccccc3)c2c1O. The highest BCUT2D eigenvalue weighted by Crippen LogP contribution is 2.41. The van der Waals surface area contributed by atoms with Gasteiger partial charge in [0.25, 0.3) is 5.91 Å². The summed E-state index contributed by atoms with van der Waals surface area (Å²) in [5.74, 6) is -0.309. The number of aromatic hydroxyl groups is 1. The normalized spacial score (nSPS) is 10.9. The van der Waals surface area contributed by atoms with Crippen LogP contribution >= 0.6 is 11.3 Å². The molecule has 5 nitrogen and oxygen atoms in total. The number of amides is 1. The number of nitrogens with two attached hydrogens (primary N) is 1. The van der Waals surface area contributed by atoms with Crippen LogP contribution in [0.2, 0.25) is 0 Å². The van der Waals surface area contributed by atoms with Crippen LogP contribution in [0, 0.1) is 0 Å². The Morgan fingerprint density at radius 3 is 2.12 bits per heavy atom. The van der Waals surface area contributed by atoms with Gasteiger partial charge in [0.05, 0.1) is 11.1 Å². The highest BCUT2D eigenvalue weighted by Gasteiger charge is 2.22. The van der Waals surface area contributed by atoms with E-state index in [1.54, 1.807) is 0 Å². The zero-order chi connectivity index (χ0) is 17.4. The number of benzene rings is 2. The molecule has 0 bridgehead atoms. The Bertz CT molecular complexity index is 1080. The van der Waals surface area contributed by atoms with Crippen LogP contribution in [0.15, 0.2) is 60.7 Å². The molecule has 25 heavy (non-hydrogen) atoms. The summed E-state index contributed by atoms with van der Waals surface area (Å²) in [5.41, 5.74) is 7.64. The molecule has 6 heteroatoms. The van der Waals surface area contributed by atoms with Crippen molar-refractivity contribution in [1.82, 2.24) is 9.97 Å². The molecule has 0 atom stereocenters. The minimum absolute atomic E-state index is 0.0895. The third-order valence-electron chi connectivity index (χ3n) is 3.83. The van der Waals surface area contributed by atoms with Gasteiger partial charge in [-0.05, 0) is 0 Å². The third-order valence-corrected chi connectivity index (χ3v) is 4.92. The molecule has 122 valence electrons. The van der Waals surface area contributed by atoms with E-state index in [0.717, 1.165) is 22.5 Å². The fourth-order valence-corrected chi connectivity index (χ4v) is 3.59. The molecule has 0 aliphatic heterocycles. The average molecular weight is 347 g/mol. The van der Waals surface area contributed by atoms with E-state index in [1.165, 1.54) is 0 Å². The molecule has 4 aromatic rings. The van der Waals surface area contributed by atoms with Crippen molar-refractivity contribution in [2.75, 3.05) is 0 Å². The lowest BCUT2D eigenvalue weighted by Gasteiger charge is -2.07. The molecular formula is C19H13N3O2S. The number of hydrogen-bond donors (Lipinski definition) is 2. The predicted octanol–water partition coefficient (Wildman–Crippen LogP) is 3.83. The Balaban J connectivity index is 2.07. The molecule has 2 aromatic heterocycles. The maximum absolute atomic E-state index is 11.6. The molecule has 3 N–H and O–H groups in total. The number of carbonyl (C=O) groups excluding carboxylic acids is 1. The maximum atomic E-state index is 11.6. The van der Waals surface area contributed by atoms with Crippen molar-refractivity contribution in [3.8, 4) is 28.4 Å². The monoisotopic (exact) mass is 347 g/mol. The molecule has 0 aliphatic carbocycles. The van der Waals surface area contributed by atoms with E-state index in [9.17, 15) is 9.90 Å². The minimum Gasteiger partial charge on any atom is -0.505 e. The summed E-state index contributed by atoms with van der Waals surface area (Å²) in [6.45, 7) is 0. The molecule has 2 heterocycles. The van der Waals surface area contributed by atoms with Gasteiger partial charge in [-0.2, -0.15) is 0 Å². The zero-order valence-corrected chi connectivity index (χ0v) is 13.8. The van der Waals surface area contributed by atoms with Gasteiger partial charge >= 0.3 is 0 Å². The second-order valence-electron chi connectivity index (χ2n) is 5.45. The van der Waals surface area contributed by atoms with Gasteiger partial charge in [-0.1, -0.05) is 60.7 Å². The Morgan fingerprint density at radius 2 is 1.52 bits per heavy atom. The second kappa shape index (κ2) is 5.99. The largest absolute Gasteiger partial charge is 0.505 e. The van der Waals surface area contributed by atoms with Crippen LogP contribution in [0.1, 0.15) is 9.67 Å². The molecule has 0 saturated carbocycles. The minimum atomic E-state index is -0.680. The number of fused-ring (bicyclic) bond motifs is 1. The fourth-order valence-electron chi connectivity index (χ4n) is 2.67. The van der Waals surface area contributed by atoms with Crippen molar-refractivity contribution >= 4 is 27.5 Å². The zero-order valence-electron chi connectivity index (χ0n) is 13.0. The number of primary amides is 1. The molecule has 0 unspecified atom stereocenters. The molecule has 0 aliphatic rings. The van der Waals surface area contributed by atoms with Crippen LogP contribution in [0.4, 0.5) is 0 Å². The summed E-state index contributed by atoms with van der Waals surface area (Å²) in [4.78, 5) is 21.4. The molecule has 1 amide bonds. The predicted molar refractivity (Wildman–Crippen MR) is 98.5 cm³/mol. The third kappa shape index (κ3) is 2.62. The molecule has 4 rings (SSSR count). The van der Waals surface area contributed by atoms with Crippen molar-refractivity contribution in [2.24, 2.45) is 5.73 Å². The Kier molecular flexibility index (Phi) is 3.66. The van der Waals surface area contributed by atoms with E-state index in [1.807, 2.05) is 60.7 Å². The molecule has 0 spiro atoms. The Hall–Kier alpha value is -3.25. The van der Waals surface area contributed by atoms with E-state index < -0.39 is 5.91 Å². The van der Waals surface area contributed by atoms with Gasteiger partial charge in [0.15, 0.2) is 11.6 Å². The van der Waals surface area contributed by atoms with Crippen LogP contribution in [0.5, 0.6) is 5.75 Å². The Morgan fingerprint density at radius 1 is 0.920 bits per heavy atom.